The molecule has 0 aliphatic heterocycles. The maximum absolute atomic E-state index is 12.2. The van der Waals surface area contributed by atoms with Gasteiger partial charge in [-0.25, -0.2) is 0 Å². The van der Waals surface area contributed by atoms with Gasteiger partial charge in [0.25, 0.3) is 0 Å². The van der Waals surface area contributed by atoms with Crippen molar-refractivity contribution >= 4 is 5.91 Å². The van der Waals surface area contributed by atoms with Gasteiger partial charge in [-0.15, -0.1) is 0 Å². The van der Waals surface area contributed by atoms with Crippen LogP contribution in [0, 0.1) is 11.3 Å². The summed E-state index contributed by atoms with van der Waals surface area (Å²) in [6.45, 7) is 9.65. The van der Waals surface area contributed by atoms with Gasteiger partial charge in [0.1, 0.15) is 0 Å². The molecule has 3 heteroatoms. The van der Waals surface area contributed by atoms with Gasteiger partial charge >= 0.3 is 0 Å². The van der Waals surface area contributed by atoms with Crippen LogP contribution in [-0.4, -0.2) is 25.0 Å². The fourth-order valence-corrected chi connectivity index (χ4v) is 2.69. The summed E-state index contributed by atoms with van der Waals surface area (Å²) in [6, 6.07) is 0. The summed E-state index contributed by atoms with van der Waals surface area (Å²) in [7, 11) is 2.00. The molecule has 1 amide bonds. The monoisotopic (exact) mass is 268 g/mol. The molecule has 0 bridgehead atoms. The highest BCUT2D eigenvalue weighted by atomic mass is 16.1. The Morgan fingerprint density at radius 2 is 1.79 bits per heavy atom. The predicted molar refractivity (Wildman–Crippen MR) is 81.1 cm³/mol. The second kappa shape index (κ2) is 6.74. The largest absolute Gasteiger partial charge is 0.356 e. The third-order valence-electron chi connectivity index (χ3n) is 4.92. The Morgan fingerprint density at radius 1 is 1.21 bits per heavy atom. The van der Waals surface area contributed by atoms with Crippen molar-refractivity contribution in [2.24, 2.45) is 11.3 Å². The van der Waals surface area contributed by atoms with Crippen LogP contribution in [0.4, 0.5) is 0 Å². The maximum atomic E-state index is 12.2. The fraction of sp³-hybridized carbons (Fsp3) is 0.938. The molecule has 1 unspecified atom stereocenters. The van der Waals surface area contributed by atoms with E-state index in [1.165, 1.54) is 19.3 Å². The summed E-state index contributed by atoms with van der Waals surface area (Å²) >= 11 is 0. The number of hydrogen-bond donors (Lipinski definition) is 2. The average molecular weight is 268 g/mol. The Bertz CT molecular complexity index is 288. The molecule has 0 spiro atoms. The zero-order valence-corrected chi connectivity index (χ0v) is 13.4. The molecule has 1 aliphatic rings. The van der Waals surface area contributed by atoms with E-state index in [-0.39, 0.29) is 16.9 Å². The molecule has 1 atom stereocenters. The number of carbonyl (C=O) groups excluding carboxylic acids is 1. The lowest BCUT2D eigenvalue weighted by atomic mass is 9.79. The second-order valence-corrected chi connectivity index (χ2v) is 7.34. The van der Waals surface area contributed by atoms with Gasteiger partial charge in [-0.2, -0.15) is 0 Å². The molecule has 1 fully saturated rings. The molecule has 0 heterocycles. The average Bonchev–Trinajstić information content (AvgIpc) is 2.36. The molecule has 0 aromatic rings. The molecule has 19 heavy (non-hydrogen) atoms. The molecule has 2 N–H and O–H groups in total. The number of hydrogen-bond acceptors (Lipinski definition) is 2. The molecular weight excluding hydrogens is 236 g/mol. The van der Waals surface area contributed by atoms with Gasteiger partial charge in [0.05, 0.1) is 0 Å². The summed E-state index contributed by atoms with van der Waals surface area (Å²) in [5.41, 5.74) is 0.298. The van der Waals surface area contributed by atoms with Crippen LogP contribution in [0.1, 0.15) is 66.2 Å². The van der Waals surface area contributed by atoms with Gasteiger partial charge in [-0.3, -0.25) is 4.79 Å². The minimum atomic E-state index is 0.0489. The molecule has 1 saturated carbocycles. The first-order valence-electron chi connectivity index (χ1n) is 7.75. The Kier molecular flexibility index (Phi) is 5.84. The van der Waals surface area contributed by atoms with Crippen LogP contribution < -0.4 is 10.6 Å². The molecule has 1 rings (SSSR count). The van der Waals surface area contributed by atoms with Gasteiger partial charge in [0.2, 0.25) is 5.91 Å². The lowest BCUT2D eigenvalue weighted by Crippen LogP contribution is -2.48. The Morgan fingerprint density at radius 3 is 2.26 bits per heavy atom. The highest BCUT2D eigenvalue weighted by Crippen LogP contribution is 2.30. The molecular formula is C16H32N2O. The summed E-state index contributed by atoms with van der Waals surface area (Å²) in [5, 5.41) is 6.52. The number of nitrogens with one attached hydrogen (secondary N) is 2. The topological polar surface area (TPSA) is 41.1 Å². The van der Waals surface area contributed by atoms with Crippen molar-refractivity contribution in [1.29, 1.82) is 0 Å². The van der Waals surface area contributed by atoms with Gasteiger partial charge in [-0.1, -0.05) is 47.0 Å². The van der Waals surface area contributed by atoms with Crippen molar-refractivity contribution in [2.45, 2.75) is 71.8 Å². The van der Waals surface area contributed by atoms with Crippen molar-refractivity contribution in [1.82, 2.24) is 10.6 Å². The summed E-state index contributed by atoms with van der Waals surface area (Å²) < 4.78 is 0. The maximum Gasteiger partial charge on any atom is 0.221 e. The van der Waals surface area contributed by atoms with Crippen molar-refractivity contribution in [3.05, 3.63) is 0 Å². The Hall–Kier alpha value is -0.570. The lowest BCUT2D eigenvalue weighted by molar-refractivity contribution is -0.123. The van der Waals surface area contributed by atoms with Crippen molar-refractivity contribution in [2.75, 3.05) is 13.6 Å². The van der Waals surface area contributed by atoms with E-state index in [1.807, 2.05) is 7.05 Å². The summed E-state index contributed by atoms with van der Waals surface area (Å²) in [4.78, 5) is 12.2. The normalized spacial score (nSPS) is 20.9. The van der Waals surface area contributed by atoms with Gasteiger partial charge in [-0.05, 0) is 31.2 Å². The van der Waals surface area contributed by atoms with E-state index in [4.69, 9.17) is 0 Å². The van der Waals surface area contributed by atoms with Gasteiger partial charge in [0.15, 0.2) is 0 Å². The first-order chi connectivity index (χ1) is 8.79. The molecule has 3 nitrogen and oxygen atoms in total. The predicted octanol–water partition coefficient (Wildman–Crippen LogP) is 3.10. The van der Waals surface area contributed by atoms with E-state index < -0.39 is 0 Å². The van der Waals surface area contributed by atoms with Crippen LogP contribution in [0.2, 0.25) is 0 Å². The first-order valence-corrected chi connectivity index (χ1v) is 7.75. The second-order valence-electron chi connectivity index (χ2n) is 7.34. The fourth-order valence-electron chi connectivity index (χ4n) is 2.69. The van der Waals surface area contributed by atoms with Gasteiger partial charge in [0, 0.05) is 18.5 Å². The van der Waals surface area contributed by atoms with E-state index in [9.17, 15) is 4.79 Å². The number of amides is 1. The minimum Gasteiger partial charge on any atom is -0.356 e. The standard InChI is InChI=1S/C16H32N2O/c1-13(15(2,3)4)12-18-14(19)11-16(17-5)9-7-6-8-10-16/h13,17H,6-12H2,1-5H3,(H,18,19). The highest BCUT2D eigenvalue weighted by molar-refractivity contribution is 5.77. The quantitative estimate of drug-likeness (QED) is 0.804. The Balaban J connectivity index is 2.41. The summed E-state index contributed by atoms with van der Waals surface area (Å²) in [6.07, 6.45) is 6.68. The van der Waals surface area contributed by atoms with Gasteiger partial charge < -0.3 is 10.6 Å². The smallest absolute Gasteiger partial charge is 0.221 e. The minimum absolute atomic E-state index is 0.0489. The van der Waals surface area contributed by atoms with Crippen LogP contribution in [0.5, 0.6) is 0 Å². The number of rotatable bonds is 5. The SMILES string of the molecule is CNC1(CC(=O)NCC(C)C(C)(C)C)CCCCC1. The molecule has 0 saturated heterocycles. The lowest BCUT2D eigenvalue weighted by Gasteiger charge is -2.37. The molecule has 0 aromatic heterocycles. The van der Waals surface area contributed by atoms with E-state index >= 15 is 0 Å². The first kappa shape index (κ1) is 16.5. The van der Waals surface area contributed by atoms with Crippen LogP contribution in [0.15, 0.2) is 0 Å². The Labute approximate surface area is 118 Å². The summed E-state index contributed by atoms with van der Waals surface area (Å²) in [5.74, 6) is 0.695. The molecule has 0 aromatic carbocycles. The van der Waals surface area contributed by atoms with E-state index in [2.05, 4.69) is 38.3 Å². The zero-order chi connectivity index (χ0) is 14.5. The third-order valence-corrected chi connectivity index (χ3v) is 4.92. The van der Waals surface area contributed by atoms with Crippen molar-refractivity contribution in [3.63, 3.8) is 0 Å². The van der Waals surface area contributed by atoms with Crippen molar-refractivity contribution < 1.29 is 4.79 Å². The van der Waals surface area contributed by atoms with Crippen LogP contribution in [0.3, 0.4) is 0 Å². The molecule has 0 radical (unpaired) electrons. The van der Waals surface area contributed by atoms with E-state index in [1.54, 1.807) is 0 Å². The zero-order valence-electron chi connectivity index (χ0n) is 13.4. The van der Waals surface area contributed by atoms with Crippen molar-refractivity contribution in [3.8, 4) is 0 Å². The van der Waals surface area contributed by atoms with E-state index in [0.29, 0.717) is 12.3 Å². The van der Waals surface area contributed by atoms with Crippen LogP contribution in [0.25, 0.3) is 0 Å². The molecule has 1 aliphatic carbocycles. The highest BCUT2D eigenvalue weighted by Gasteiger charge is 2.32. The third kappa shape index (κ3) is 5.13. The molecule has 112 valence electrons. The van der Waals surface area contributed by atoms with Crippen LogP contribution in [-0.2, 0) is 4.79 Å². The van der Waals surface area contributed by atoms with Crippen LogP contribution >= 0.6 is 0 Å². The number of carbonyl (C=O) groups is 1. The van der Waals surface area contributed by atoms with E-state index in [0.717, 1.165) is 19.4 Å².